The Kier molecular flexibility index (Phi) is 5.84. The van der Waals surface area contributed by atoms with Gasteiger partial charge in [-0.05, 0) is 61.7 Å². The smallest absolute Gasteiger partial charge is 0.274 e. The van der Waals surface area contributed by atoms with Crippen molar-refractivity contribution in [3.63, 3.8) is 0 Å². The number of carbonyl (C=O) groups is 2. The topological polar surface area (TPSA) is 71.1 Å². The molecule has 142 valence electrons. The number of carbonyl (C=O) groups excluding carboxylic acids is 2. The highest BCUT2D eigenvalue weighted by Crippen LogP contribution is 2.15. The van der Waals surface area contributed by atoms with Gasteiger partial charge in [0.15, 0.2) is 0 Å². The minimum Gasteiger partial charge on any atom is -0.344 e. The summed E-state index contributed by atoms with van der Waals surface area (Å²) in [5.41, 5.74) is 4.23. The second-order valence-electron chi connectivity index (χ2n) is 6.84. The summed E-state index contributed by atoms with van der Waals surface area (Å²) in [6.07, 6.45) is 0. The summed E-state index contributed by atoms with van der Waals surface area (Å²) in [5, 5.41) is 5.75. The SMILES string of the molecule is Cc1cc(C)cc(NC(=O)c2cccc(C(=O)NC(C)c3ccccc3)n2)c1. The Hall–Kier alpha value is -3.47. The van der Waals surface area contributed by atoms with E-state index in [1.807, 2.05) is 69.3 Å². The van der Waals surface area contributed by atoms with Crippen molar-refractivity contribution in [1.82, 2.24) is 10.3 Å². The van der Waals surface area contributed by atoms with Crippen LogP contribution in [0.1, 0.15) is 50.6 Å². The molecule has 0 bridgehead atoms. The predicted octanol–water partition coefficient (Wildman–Crippen LogP) is 4.44. The van der Waals surface area contributed by atoms with Crippen LogP contribution in [-0.2, 0) is 0 Å². The lowest BCUT2D eigenvalue weighted by Crippen LogP contribution is -2.28. The van der Waals surface area contributed by atoms with E-state index in [4.69, 9.17) is 0 Å². The fourth-order valence-corrected chi connectivity index (χ4v) is 3.03. The minimum atomic E-state index is -0.351. The average Bonchev–Trinajstić information content (AvgIpc) is 2.68. The summed E-state index contributed by atoms with van der Waals surface area (Å²) >= 11 is 0. The van der Waals surface area contributed by atoms with Gasteiger partial charge in [0.25, 0.3) is 11.8 Å². The average molecular weight is 373 g/mol. The molecule has 1 aromatic heterocycles. The molecule has 0 radical (unpaired) electrons. The van der Waals surface area contributed by atoms with Crippen LogP contribution in [0.4, 0.5) is 5.69 Å². The summed E-state index contributed by atoms with van der Waals surface area (Å²) in [6.45, 7) is 5.85. The molecule has 2 N–H and O–H groups in total. The zero-order valence-electron chi connectivity index (χ0n) is 16.2. The van der Waals surface area contributed by atoms with E-state index >= 15 is 0 Å². The van der Waals surface area contributed by atoms with E-state index in [-0.39, 0.29) is 29.2 Å². The molecule has 2 aromatic carbocycles. The van der Waals surface area contributed by atoms with Gasteiger partial charge in [0.2, 0.25) is 0 Å². The monoisotopic (exact) mass is 373 g/mol. The van der Waals surface area contributed by atoms with Gasteiger partial charge >= 0.3 is 0 Å². The molecule has 5 nitrogen and oxygen atoms in total. The second-order valence-corrected chi connectivity index (χ2v) is 6.84. The lowest BCUT2D eigenvalue weighted by atomic mass is 10.1. The molecule has 1 atom stereocenters. The molecule has 2 amide bonds. The zero-order chi connectivity index (χ0) is 20.1. The quantitative estimate of drug-likeness (QED) is 0.694. The third-order valence-electron chi connectivity index (χ3n) is 4.34. The summed E-state index contributed by atoms with van der Waals surface area (Å²) < 4.78 is 0. The first-order valence-corrected chi connectivity index (χ1v) is 9.15. The Morgan fingerprint density at radius 2 is 1.43 bits per heavy atom. The lowest BCUT2D eigenvalue weighted by Gasteiger charge is -2.14. The number of nitrogens with one attached hydrogen (secondary N) is 2. The van der Waals surface area contributed by atoms with Gasteiger partial charge in [0.1, 0.15) is 11.4 Å². The number of hydrogen-bond donors (Lipinski definition) is 2. The molecular formula is C23H23N3O2. The van der Waals surface area contributed by atoms with Crippen molar-refractivity contribution in [2.45, 2.75) is 26.8 Å². The third-order valence-corrected chi connectivity index (χ3v) is 4.34. The van der Waals surface area contributed by atoms with Crippen LogP contribution in [0.2, 0.25) is 0 Å². The van der Waals surface area contributed by atoms with Crippen molar-refractivity contribution in [2.24, 2.45) is 0 Å². The van der Waals surface area contributed by atoms with Crippen molar-refractivity contribution in [2.75, 3.05) is 5.32 Å². The molecule has 3 rings (SSSR count). The Morgan fingerprint density at radius 1 is 0.821 bits per heavy atom. The van der Waals surface area contributed by atoms with Gasteiger partial charge in [-0.25, -0.2) is 4.98 Å². The Morgan fingerprint density at radius 3 is 2.07 bits per heavy atom. The number of hydrogen-bond acceptors (Lipinski definition) is 3. The van der Waals surface area contributed by atoms with Crippen molar-refractivity contribution in [3.8, 4) is 0 Å². The van der Waals surface area contributed by atoms with E-state index in [2.05, 4.69) is 15.6 Å². The van der Waals surface area contributed by atoms with Gasteiger partial charge in [-0.3, -0.25) is 9.59 Å². The number of rotatable bonds is 5. The predicted molar refractivity (Wildman–Crippen MR) is 110 cm³/mol. The highest BCUT2D eigenvalue weighted by Gasteiger charge is 2.15. The number of benzene rings is 2. The maximum Gasteiger partial charge on any atom is 0.274 e. The minimum absolute atomic E-state index is 0.164. The molecule has 0 aliphatic rings. The van der Waals surface area contributed by atoms with Gasteiger partial charge in [-0.15, -0.1) is 0 Å². The van der Waals surface area contributed by atoms with Gasteiger partial charge < -0.3 is 10.6 Å². The van der Waals surface area contributed by atoms with E-state index in [0.717, 1.165) is 16.7 Å². The number of pyridine rings is 1. The van der Waals surface area contributed by atoms with Crippen LogP contribution in [0.3, 0.4) is 0 Å². The summed E-state index contributed by atoms with van der Waals surface area (Å²) in [5.74, 6) is -0.673. The number of aryl methyl sites for hydroxylation is 2. The molecule has 28 heavy (non-hydrogen) atoms. The van der Waals surface area contributed by atoms with Crippen LogP contribution in [0.5, 0.6) is 0 Å². The molecule has 1 unspecified atom stereocenters. The summed E-state index contributed by atoms with van der Waals surface area (Å²) in [6, 6.07) is 20.2. The van der Waals surface area contributed by atoms with Gasteiger partial charge in [0.05, 0.1) is 6.04 Å². The fourth-order valence-electron chi connectivity index (χ4n) is 3.03. The molecule has 0 spiro atoms. The van der Waals surface area contributed by atoms with E-state index in [1.165, 1.54) is 0 Å². The molecule has 1 heterocycles. The van der Waals surface area contributed by atoms with Crippen LogP contribution >= 0.6 is 0 Å². The first-order chi connectivity index (χ1) is 13.4. The number of amides is 2. The van der Waals surface area contributed by atoms with Crippen LogP contribution < -0.4 is 10.6 Å². The molecule has 5 heteroatoms. The maximum atomic E-state index is 12.5. The largest absolute Gasteiger partial charge is 0.344 e. The summed E-state index contributed by atoms with van der Waals surface area (Å²) in [4.78, 5) is 29.3. The molecule has 3 aromatic rings. The number of nitrogens with zero attached hydrogens (tertiary/aromatic N) is 1. The number of anilines is 1. The first kappa shape index (κ1) is 19.3. The van der Waals surface area contributed by atoms with Gasteiger partial charge in [-0.1, -0.05) is 42.5 Å². The van der Waals surface area contributed by atoms with E-state index in [0.29, 0.717) is 5.69 Å². The molecule has 0 fully saturated rings. The Labute approximate surface area is 164 Å². The van der Waals surface area contributed by atoms with Crippen LogP contribution in [0, 0.1) is 13.8 Å². The van der Waals surface area contributed by atoms with Crippen LogP contribution in [0.25, 0.3) is 0 Å². The highest BCUT2D eigenvalue weighted by molar-refractivity contribution is 6.04. The van der Waals surface area contributed by atoms with Crippen molar-refractivity contribution < 1.29 is 9.59 Å². The Balaban J connectivity index is 1.72. The van der Waals surface area contributed by atoms with Crippen molar-refractivity contribution in [1.29, 1.82) is 0 Å². The van der Waals surface area contributed by atoms with E-state index in [9.17, 15) is 9.59 Å². The van der Waals surface area contributed by atoms with Gasteiger partial charge in [-0.2, -0.15) is 0 Å². The molecule has 0 saturated heterocycles. The van der Waals surface area contributed by atoms with Gasteiger partial charge in [0, 0.05) is 5.69 Å². The highest BCUT2D eigenvalue weighted by atomic mass is 16.2. The zero-order valence-corrected chi connectivity index (χ0v) is 16.2. The standard InChI is InChI=1S/C23H23N3O2/c1-15-12-16(2)14-19(13-15)25-23(28)21-11-7-10-20(26-21)22(27)24-17(3)18-8-5-4-6-9-18/h4-14,17H,1-3H3,(H,24,27)(H,25,28). The van der Waals surface area contributed by atoms with Crippen LogP contribution in [0.15, 0.2) is 66.7 Å². The second kappa shape index (κ2) is 8.48. The molecule has 0 aliphatic carbocycles. The Bertz CT molecular complexity index is 979. The van der Waals surface area contributed by atoms with E-state index < -0.39 is 0 Å². The fraction of sp³-hybridized carbons (Fsp3) is 0.174. The summed E-state index contributed by atoms with van der Waals surface area (Å²) in [7, 11) is 0. The molecular weight excluding hydrogens is 350 g/mol. The third kappa shape index (κ3) is 4.82. The molecule has 0 saturated carbocycles. The lowest BCUT2D eigenvalue weighted by molar-refractivity contribution is 0.0934. The van der Waals surface area contributed by atoms with Crippen molar-refractivity contribution >= 4 is 17.5 Å². The van der Waals surface area contributed by atoms with E-state index in [1.54, 1.807) is 18.2 Å². The maximum absolute atomic E-state index is 12.5. The van der Waals surface area contributed by atoms with Crippen LogP contribution in [-0.4, -0.2) is 16.8 Å². The normalized spacial score (nSPS) is 11.5. The first-order valence-electron chi connectivity index (χ1n) is 9.15. The van der Waals surface area contributed by atoms with Crippen molar-refractivity contribution in [3.05, 3.63) is 94.8 Å². The number of aromatic nitrogens is 1. The molecule has 0 aliphatic heterocycles.